The van der Waals surface area contributed by atoms with E-state index in [2.05, 4.69) is 11.4 Å². The molecule has 1 fully saturated rings. The van der Waals surface area contributed by atoms with E-state index in [9.17, 15) is 4.79 Å². The maximum absolute atomic E-state index is 11.4. The fourth-order valence-electron chi connectivity index (χ4n) is 1.76. The maximum atomic E-state index is 11.4. The average Bonchev–Trinajstić information content (AvgIpc) is 2.21. The fraction of sp³-hybridized carbons (Fsp3) is 0.800. The molecule has 1 saturated heterocycles. The molecule has 0 aliphatic carbocycles. The third-order valence-electron chi connectivity index (χ3n) is 2.53. The van der Waals surface area contributed by atoms with E-state index in [4.69, 9.17) is 10.00 Å². The third-order valence-corrected chi connectivity index (χ3v) is 2.53. The van der Waals surface area contributed by atoms with Crippen molar-refractivity contribution in [3.8, 4) is 6.07 Å². The number of carbonyl (C=O) groups excluding carboxylic acids is 1. The van der Waals surface area contributed by atoms with E-state index in [0.717, 1.165) is 25.9 Å². The fourth-order valence-corrected chi connectivity index (χ4v) is 1.76. The Morgan fingerprint density at radius 2 is 2.29 bits per heavy atom. The minimum absolute atomic E-state index is 0.167. The van der Waals surface area contributed by atoms with Gasteiger partial charge in [-0.2, -0.15) is 5.26 Å². The van der Waals surface area contributed by atoms with Crippen molar-refractivity contribution in [2.45, 2.75) is 19.8 Å². The predicted molar refractivity (Wildman–Crippen MR) is 51.3 cm³/mol. The summed E-state index contributed by atoms with van der Waals surface area (Å²) in [5.41, 5.74) is 0. The van der Waals surface area contributed by atoms with Gasteiger partial charge in [-0.05, 0) is 38.8 Å². The first-order valence-corrected chi connectivity index (χ1v) is 5.06. The highest BCUT2D eigenvalue weighted by molar-refractivity contribution is 5.75. The van der Waals surface area contributed by atoms with Crippen molar-refractivity contribution >= 4 is 5.97 Å². The highest BCUT2D eigenvalue weighted by atomic mass is 16.5. The van der Waals surface area contributed by atoms with Crippen LogP contribution in [0.1, 0.15) is 19.8 Å². The van der Waals surface area contributed by atoms with Gasteiger partial charge in [0.15, 0.2) is 0 Å². The average molecular weight is 196 g/mol. The van der Waals surface area contributed by atoms with E-state index in [-0.39, 0.29) is 11.9 Å². The van der Waals surface area contributed by atoms with Crippen molar-refractivity contribution in [2.75, 3.05) is 19.7 Å². The smallest absolute Gasteiger partial charge is 0.323 e. The van der Waals surface area contributed by atoms with Crippen molar-refractivity contribution in [2.24, 2.45) is 11.8 Å². The normalized spacial score (nSPS) is 19.7. The highest BCUT2D eigenvalue weighted by Crippen LogP contribution is 2.22. The molecule has 4 heteroatoms. The lowest BCUT2D eigenvalue weighted by Crippen LogP contribution is -2.34. The molecule has 1 unspecified atom stereocenters. The molecule has 1 rings (SSSR count). The number of hydrogen-bond donors (Lipinski definition) is 1. The molecule has 1 atom stereocenters. The largest absolute Gasteiger partial charge is 0.465 e. The molecule has 0 aromatic heterocycles. The third kappa shape index (κ3) is 2.71. The monoisotopic (exact) mass is 196 g/mol. The van der Waals surface area contributed by atoms with Gasteiger partial charge in [-0.3, -0.25) is 4.79 Å². The van der Waals surface area contributed by atoms with E-state index >= 15 is 0 Å². The molecule has 0 aromatic carbocycles. The summed E-state index contributed by atoms with van der Waals surface area (Å²) in [6.07, 6.45) is 1.77. The first-order chi connectivity index (χ1) is 6.79. The zero-order valence-corrected chi connectivity index (χ0v) is 8.45. The molecule has 1 aliphatic heterocycles. The Balaban J connectivity index is 2.52. The summed E-state index contributed by atoms with van der Waals surface area (Å²) in [5.74, 6) is -0.765. The van der Waals surface area contributed by atoms with Crippen molar-refractivity contribution in [3.63, 3.8) is 0 Å². The molecule has 0 aromatic rings. The van der Waals surface area contributed by atoms with Gasteiger partial charge in [0.1, 0.15) is 5.92 Å². The summed E-state index contributed by atoms with van der Waals surface area (Å²) >= 11 is 0. The molecule has 1 aliphatic rings. The van der Waals surface area contributed by atoms with Gasteiger partial charge in [0.2, 0.25) is 0 Å². The second-order valence-corrected chi connectivity index (χ2v) is 3.45. The quantitative estimate of drug-likeness (QED) is 0.674. The highest BCUT2D eigenvalue weighted by Gasteiger charge is 2.30. The summed E-state index contributed by atoms with van der Waals surface area (Å²) in [7, 11) is 0. The number of esters is 1. The Bertz CT molecular complexity index is 229. The molecule has 0 spiro atoms. The van der Waals surface area contributed by atoms with Crippen molar-refractivity contribution in [1.29, 1.82) is 5.26 Å². The molecule has 0 bridgehead atoms. The van der Waals surface area contributed by atoms with Gasteiger partial charge >= 0.3 is 5.97 Å². The number of nitriles is 1. The number of nitrogens with one attached hydrogen (secondary N) is 1. The van der Waals surface area contributed by atoms with E-state index < -0.39 is 5.92 Å². The predicted octanol–water partition coefficient (Wildman–Crippen LogP) is 0.689. The van der Waals surface area contributed by atoms with Crippen molar-refractivity contribution in [3.05, 3.63) is 0 Å². The molecule has 0 amide bonds. The molecule has 4 nitrogen and oxygen atoms in total. The van der Waals surface area contributed by atoms with Gasteiger partial charge in [0, 0.05) is 0 Å². The SMILES string of the molecule is CCOC(=O)C(C#N)C1CCNCC1. The lowest BCUT2D eigenvalue weighted by Gasteiger charge is -2.25. The van der Waals surface area contributed by atoms with Crippen molar-refractivity contribution < 1.29 is 9.53 Å². The Morgan fingerprint density at radius 3 is 2.79 bits per heavy atom. The Kier molecular flexibility index (Phi) is 4.41. The van der Waals surface area contributed by atoms with E-state index in [1.807, 2.05) is 0 Å². The van der Waals surface area contributed by atoms with Crippen LogP contribution in [0.4, 0.5) is 0 Å². The van der Waals surface area contributed by atoms with Crippen LogP contribution in [0.5, 0.6) is 0 Å². The van der Waals surface area contributed by atoms with E-state index in [1.165, 1.54) is 0 Å². The van der Waals surface area contributed by atoms with Crippen LogP contribution in [0.15, 0.2) is 0 Å². The second kappa shape index (κ2) is 5.61. The van der Waals surface area contributed by atoms with E-state index in [1.54, 1.807) is 6.92 Å². The topological polar surface area (TPSA) is 62.1 Å². The molecule has 0 saturated carbocycles. The van der Waals surface area contributed by atoms with Crippen LogP contribution in [0, 0.1) is 23.2 Å². The van der Waals surface area contributed by atoms with Crippen LogP contribution in [-0.4, -0.2) is 25.7 Å². The molecular weight excluding hydrogens is 180 g/mol. The summed E-state index contributed by atoms with van der Waals surface area (Å²) < 4.78 is 4.87. The van der Waals surface area contributed by atoms with Gasteiger partial charge < -0.3 is 10.1 Å². The standard InChI is InChI=1S/C10H16N2O2/c1-2-14-10(13)9(7-11)8-3-5-12-6-4-8/h8-9,12H,2-6H2,1H3. The minimum atomic E-state index is -0.572. The molecular formula is C10H16N2O2. The maximum Gasteiger partial charge on any atom is 0.323 e. The first-order valence-electron chi connectivity index (χ1n) is 5.06. The van der Waals surface area contributed by atoms with Crippen LogP contribution in [0.3, 0.4) is 0 Å². The van der Waals surface area contributed by atoms with Gasteiger partial charge in [0.05, 0.1) is 12.7 Å². The van der Waals surface area contributed by atoms with Gasteiger partial charge in [0.25, 0.3) is 0 Å². The van der Waals surface area contributed by atoms with Crippen LogP contribution in [-0.2, 0) is 9.53 Å². The number of hydrogen-bond acceptors (Lipinski definition) is 4. The number of ether oxygens (including phenoxy) is 1. The van der Waals surface area contributed by atoms with Gasteiger partial charge in [-0.25, -0.2) is 0 Å². The number of piperidine rings is 1. The molecule has 1 N–H and O–H groups in total. The van der Waals surface area contributed by atoms with Crippen LogP contribution in [0.2, 0.25) is 0 Å². The second-order valence-electron chi connectivity index (χ2n) is 3.45. The lowest BCUT2D eigenvalue weighted by atomic mass is 9.86. The summed E-state index contributed by atoms with van der Waals surface area (Å²) in [5, 5.41) is 12.1. The van der Waals surface area contributed by atoms with Gasteiger partial charge in [-0.15, -0.1) is 0 Å². The Hall–Kier alpha value is -1.08. The Labute approximate surface area is 84.2 Å². The van der Waals surface area contributed by atoms with Crippen LogP contribution >= 0.6 is 0 Å². The molecule has 14 heavy (non-hydrogen) atoms. The molecule has 0 radical (unpaired) electrons. The summed E-state index contributed by atoms with van der Waals surface area (Å²) in [6.45, 7) is 3.89. The Morgan fingerprint density at radius 1 is 1.64 bits per heavy atom. The minimum Gasteiger partial charge on any atom is -0.465 e. The van der Waals surface area contributed by atoms with Crippen LogP contribution < -0.4 is 5.32 Å². The molecule has 78 valence electrons. The zero-order valence-electron chi connectivity index (χ0n) is 8.45. The van der Waals surface area contributed by atoms with Crippen LogP contribution in [0.25, 0.3) is 0 Å². The number of rotatable bonds is 3. The lowest BCUT2D eigenvalue weighted by molar-refractivity contribution is -0.147. The van der Waals surface area contributed by atoms with Crippen molar-refractivity contribution in [1.82, 2.24) is 5.32 Å². The number of carbonyl (C=O) groups is 1. The van der Waals surface area contributed by atoms with E-state index in [0.29, 0.717) is 6.61 Å². The zero-order chi connectivity index (χ0) is 10.4. The first kappa shape index (κ1) is 11.0. The molecule has 1 heterocycles. The summed E-state index contributed by atoms with van der Waals surface area (Å²) in [6, 6.07) is 2.05. The number of nitrogens with zero attached hydrogens (tertiary/aromatic N) is 1. The van der Waals surface area contributed by atoms with Gasteiger partial charge in [-0.1, -0.05) is 0 Å². The summed E-state index contributed by atoms with van der Waals surface area (Å²) in [4.78, 5) is 11.4.